The van der Waals surface area contributed by atoms with E-state index >= 15 is 0 Å². The number of rotatable bonds is 4. The zero-order chi connectivity index (χ0) is 15.0. The molecule has 3 aliphatic rings. The molecule has 0 atom stereocenters. The van der Waals surface area contributed by atoms with E-state index in [0.29, 0.717) is 6.04 Å². The largest absolute Gasteiger partial charge is 0.444 e. The summed E-state index contributed by atoms with van der Waals surface area (Å²) in [6.45, 7) is 5.73. The maximum Gasteiger partial charge on any atom is 0.407 e. The van der Waals surface area contributed by atoms with Gasteiger partial charge in [-0.3, -0.25) is 4.90 Å². The van der Waals surface area contributed by atoms with E-state index in [1.807, 2.05) is 20.8 Å². The van der Waals surface area contributed by atoms with Gasteiger partial charge in [0.2, 0.25) is 0 Å². The van der Waals surface area contributed by atoms with Gasteiger partial charge in [0.1, 0.15) is 5.60 Å². The third-order valence-corrected chi connectivity index (χ3v) is 4.78. The van der Waals surface area contributed by atoms with Crippen molar-refractivity contribution < 1.29 is 9.53 Å². The molecule has 0 saturated heterocycles. The Bertz CT molecular complexity index is 363. The molecule has 0 aromatic heterocycles. The Hall–Kier alpha value is -0.770. The fourth-order valence-electron chi connectivity index (χ4n) is 3.63. The minimum atomic E-state index is -0.407. The molecule has 3 rings (SSSR count). The summed E-state index contributed by atoms with van der Waals surface area (Å²) in [7, 11) is 0. The fraction of sp³-hybridized carbons (Fsp3) is 0.941. The molecule has 0 spiro atoms. The van der Waals surface area contributed by atoms with E-state index < -0.39 is 5.60 Å². The van der Waals surface area contributed by atoms with Gasteiger partial charge in [0.15, 0.2) is 0 Å². The first-order valence-corrected chi connectivity index (χ1v) is 8.69. The maximum absolute atomic E-state index is 11.8. The number of amides is 1. The highest BCUT2D eigenvalue weighted by Crippen LogP contribution is 2.41. The molecule has 4 nitrogen and oxygen atoms in total. The number of carbonyl (C=O) groups excluding carboxylic acids is 1. The fourth-order valence-corrected chi connectivity index (χ4v) is 3.63. The topological polar surface area (TPSA) is 41.6 Å². The lowest BCUT2D eigenvalue weighted by molar-refractivity contribution is 0.0472. The van der Waals surface area contributed by atoms with Gasteiger partial charge in [-0.2, -0.15) is 0 Å². The van der Waals surface area contributed by atoms with Gasteiger partial charge in [-0.15, -0.1) is 0 Å². The van der Waals surface area contributed by atoms with Crippen molar-refractivity contribution >= 4 is 6.09 Å². The van der Waals surface area contributed by atoms with Gasteiger partial charge in [0, 0.05) is 24.2 Å². The van der Waals surface area contributed by atoms with E-state index in [1.165, 1.54) is 38.5 Å². The number of ether oxygens (including phenoxy) is 1. The Morgan fingerprint density at radius 2 is 1.33 bits per heavy atom. The van der Waals surface area contributed by atoms with Crippen molar-refractivity contribution in [3.63, 3.8) is 0 Å². The Labute approximate surface area is 128 Å². The summed E-state index contributed by atoms with van der Waals surface area (Å²) >= 11 is 0. The summed E-state index contributed by atoms with van der Waals surface area (Å²) in [4.78, 5) is 14.7. The van der Waals surface area contributed by atoms with Gasteiger partial charge in [0.25, 0.3) is 0 Å². The van der Waals surface area contributed by atoms with E-state index in [9.17, 15) is 4.79 Å². The van der Waals surface area contributed by atoms with Crippen molar-refractivity contribution in [2.45, 2.75) is 102 Å². The third-order valence-electron chi connectivity index (χ3n) is 4.78. The lowest BCUT2D eigenvalue weighted by Crippen LogP contribution is -2.46. The normalized spacial score (nSPS) is 30.3. The smallest absolute Gasteiger partial charge is 0.407 e. The molecule has 3 aliphatic carbocycles. The highest BCUT2D eigenvalue weighted by atomic mass is 16.6. The first-order chi connectivity index (χ1) is 9.92. The predicted molar refractivity (Wildman–Crippen MR) is 83.3 cm³/mol. The monoisotopic (exact) mass is 294 g/mol. The SMILES string of the molecule is CC(C)(C)OC(=O)NC1CCC(N(C2CC2)C2CC2)CC1. The van der Waals surface area contributed by atoms with Crippen LogP contribution in [-0.2, 0) is 4.74 Å². The van der Waals surface area contributed by atoms with Gasteiger partial charge >= 0.3 is 6.09 Å². The second-order valence-electron chi connectivity index (χ2n) is 8.06. The summed E-state index contributed by atoms with van der Waals surface area (Å²) in [5, 5.41) is 3.04. The van der Waals surface area contributed by atoms with Crippen molar-refractivity contribution in [1.29, 1.82) is 0 Å². The van der Waals surface area contributed by atoms with E-state index in [0.717, 1.165) is 31.0 Å². The highest BCUT2D eigenvalue weighted by Gasteiger charge is 2.43. The van der Waals surface area contributed by atoms with Crippen molar-refractivity contribution in [3.05, 3.63) is 0 Å². The van der Waals surface area contributed by atoms with Crippen LogP contribution in [0.25, 0.3) is 0 Å². The predicted octanol–water partition coefficient (Wildman–Crippen LogP) is 3.45. The standard InChI is InChI=1S/C17H30N2O2/c1-17(2,3)21-16(20)18-12-4-6-13(7-5-12)19(14-8-9-14)15-10-11-15/h12-15H,4-11H2,1-3H3,(H,18,20). The molecule has 0 bridgehead atoms. The summed E-state index contributed by atoms with van der Waals surface area (Å²) in [5.41, 5.74) is -0.407. The van der Waals surface area contributed by atoms with E-state index in [1.54, 1.807) is 0 Å². The van der Waals surface area contributed by atoms with Crippen LogP contribution in [0.3, 0.4) is 0 Å². The molecule has 1 N–H and O–H groups in total. The Morgan fingerprint density at radius 1 is 0.905 bits per heavy atom. The third kappa shape index (κ3) is 4.35. The summed E-state index contributed by atoms with van der Waals surface area (Å²) in [6.07, 6.45) is 10.0. The lowest BCUT2D eigenvalue weighted by Gasteiger charge is -2.37. The Balaban J connectivity index is 1.43. The van der Waals surface area contributed by atoms with Crippen LogP contribution in [0.1, 0.15) is 72.1 Å². The van der Waals surface area contributed by atoms with E-state index in [2.05, 4.69) is 10.2 Å². The van der Waals surface area contributed by atoms with Gasteiger partial charge in [-0.05, 0) is 72.1 Å². The van der Waals surface area contributed by atoms with Crippen LogP contribution >= 0.6 is 0 Å². The van der Waals surface area contributed by atoms with Crippen LogP contribution in [0.2, 0.25) is 0 Å². The molecule has 0 aromatic carbocycles. The Morgan fingerprint density at radius 3 is 1.71 bits per heavy atom. The summed E-state index contributed by atoms with van der Waals surface area (Å²) in [6, 6.07) is 2.84. The number of alkyl carbamates (subject to hydrolysis) is 1. The number of carbonyl (C=O) groups is 1. The Kier molecular flexibility index (Phi) is 4.17. The van der Waals surface area contributed by atoms with Crippen molar-refractivity contribution in [1.82, 2.24) is 10.2 Å². The van der Waals surface area contributed by atoms with Gasteiger partial charge in [-0.25, -0.2) is 4.79 Å². The number of hydrogen-bond donors (Lipinski definition) is 1. The maximum atomic E-state index is 11.8. The molecule has 0 aliphatic heterocycles. The number of nitrogens with zero attached hydrogens (tertiary/aromatic N) is 1. The molecule has 0 radical (unpaired) electrons. The van der Waals surface area contributed by atoms with Crippen LogP contribution < -0.4 is 5.32 Å². The molecule has 0 unspecified atom stereocenters. The quantitative estimate of drug-likeness (QED) is 0.863. The minimum absolute atomic E-state index is 0.257. The van der Waals surface area contributed by atoms with Gasteiger partial charge < -0.3 is 10.1 Å². The number of nitrogens with one attached hydrogen (secondary N) is 1. The van der Waals surface area contributed by atoms with Crippen LogP contribution in [0.4, 0.5) is 4.79 Å². The van der Waals surface area contributed by atoms with E-state index in [-0.39, 0.29) is 6.09 Å². The molecule has 3 saturated carbocycles. The summed E-state index contributed by atoms with van der Waals surface area (Å²) in [5.74, 6) is 0. The molecule has 21 heavy (non-hydrogen) atoms. The van der Waals surface area contributed by atoms with Crippen LogP contribution in [0.15, 0.2) is 0 Å². The molecular weight excluding hydrogens is 264 g/mol. The minimum Gasteiger partial charge on any atom is -0.444 e. The first-order valence-electron chi connectivity index (χ1n) is 8.69. The molecule has 0 aromatic rings. The van der Waals surface area contributed by atoms with Crippen LogP contribution in [0.5, 0.6) is 0 Å². The van der Waals surface area contributed by atoms with Crippen molar-refractivity contribution in [2.24, 2.45) is 0 Å². The zero-order valence-corrected chi connectivity index (χ0v) is 13.7. The van der Waals surface area contributed by atoms with Gasteiger partial charge in [0.05, 0.1) is 0 Å². The molecule has 120 valence electrons. The number of hydrogen-bond acceptors (Lipinski definition) is 3. The van der Waals surface area contributed by atoms with Crippen molar-refractivity contribution in [2.75, 3.05) is 0 Å². The van der Waals surface area contributed by atoms with Gasteiger partial charge in [-0.1, -0.05) is 0 Å². The molecular formula is C17H30N2O2. The first kappa shape index (κ1) is 15.1. The second kappa shape index (κ2) is 5.79. The zero-order valence-electron chi connectivity index (χ0n) is 13.7. The molecule has 0 heterocycles. The molecule has 3 fully saturated rings. The van der Waals surface area contributed by atoms with Crippen LogP contribution in [-0.4, -0.2) is 40.8 Å². The van der Waals surface area contributed by atoms with Crippen molar-refractivity contribution in [3.8, 4) is 0 Å². The highest BCUT2D eigenvalue weighted by molar-refractivity contribution is 5.68. The lowest BCUT2D eigenvalue weighted by atomic mass is 9.90. The average Bonchev–Trinajstić information content (AvgIpc) is 3.22. The molecule has 4 heteroatoms. The second-order valence-corrected chi connectivity index (χ2v) is 8.06. The summed E-state index contributed by atoms with van der Waals surface area (Å²) < 4.78 is 5.35. The average molecular weight is 294 g/mol. The van der Waals surface area contributed by atoms with E-state index in [4.69, 9.17) is 4.74 Å². The van der Waals surface area contributed by atoms with Crippen LogP contribution in [0, 0.1) is 0 Å². The molecule has 1 amide bonds.